The number of nitrogens with zero attached hydrogens (tertiary/aromatic N) is 5. The molecule has 2 aliphatic heterocycles. The van der Waals surface area contributed by atoms with Crippen LogP contribution in [0.1, 0.15) is 42.4 Å². The van der Waals surface area contributed by atoms with E-state index in [4.69, 9.17) is 0 Å². The summed E-state index contributed by atoms with van der Waals surface area (Å²) < 4.78 is 4.58. The van der Waals surface area contributed by atoms with Crippen LogP contribution in [-0.2, 0) is 19.5 Å². The Bertz CT molecular complexity index is 626. The summed E-state index contributed by atoms with van der Waals surface area (Å²) in [6, 6.07) is 0.530. The number of fused-ring (bicyclic) bond motifs is 1. The van der Waals surface area contributed by atoms with Crippen LogP contribution in [0.15, 0.2) is 18.6 Å². The van der Waals surface area contributed by atoms with Crippen molar-refractivity contribution in [1.29, 1.82) is 0 Å². The molecule has 0 aliphatic carbocycles. The van der Waals surface area contributed by atoms with Crippen molar-refractivity contribution in [3.05, 3.63) is 35.7 Å². The fourth-order valence-electron chi connectivity index (χ4n) is 3.64. The molecule has 0 amide bonds. The van der Waals surface area contributed by atoms with Gasteiger partial charge in [-0.25, -0.2) is 4.98 Å². The van der Waals surface area contributed by atoms with Crippen molar-refractivity contribution in [3.63, 3.8) is 0 Å². The Morgan fingerprint density at radius 3 is 3.05 bits per heavy atom. The number of imidazole rings is 1. The first-order valence-electron chi connectivity index (χ1n) is 8.06. The van der Waals surface area contributed by atoms with Crippen LogP contribution in [0.4, 0.5) is 0 Å². The molecule has 0 N–H and O–H groups in total. The summed E-state index contributed by atoms with van der Waals surface area (Å²) in [6.45, 7) is 6.55. The van der Waals surface area contributed by atoms with Gasteiger partial charge in [0.25, 0.3) is 0 Å². The van der Waals surface area contributed by atoms with Gasteiger partial charge in [-0.2, -0.15) is 5.10 Å². The molecule has 0 bridgehead atoms. The Kier molecular flexibility index (Phi) is 3.30. The third kappa shape index (κ3) is 2.50. The Morgan fingerprint density at radius 2 is 2.19 bits per heavy atom. The maximum Gasteiger partial charge on any atom is 0.108 e. The number of aryl methyl sites for hydroxylation is 2. The van der Waals surface area contributed by atoms with E-state index in [1.54, 1.807) is 0 Å². The second kappa shape index (κ2) is 5.30. The van der Waals surface area contributed by atoms with Gasteiger partial charge in [0, 0.05) is 45.0 Å². The third-order valence-corrected chi connectivity index (χ3v) is 4.79. The zero-order chi connectivity index (χ0) is 14.2. The largest absolute Gasteiger partial charge is 0.331 e. The van der Waals surface area contributed by atoms with E-state index in [2.05, 4.69) is 43.5 Å². The van der Waals surface area contributed by atoms with Gasteiger partial charge in [0.2, 0.25) is 0 Å². The van der Waals surface area contributed by atoms with E-state index in [-0.39, 0.29) is 0 Å². The van der Waals surface area contributed by atoms with Crippen LogP contribution < -0.4 is 0 Å². The molecule has 0 aromatic carbocycles. The van der Waals surface area contributed by atoms with Gasteiger partial charge in [0.15, 0.2) is 0 Å². The van der Waals surface area contributed by atoms with E-state index >= 15 is 0 Å². The highest BCUT2D eigenvalue weighted by atomic mass is 15.3. The smallest absolute Gasteiger partial charge is 0.108 e. The van der Waals surface area contributed by atoms with E-state index in [1.165, 1.54) is 36.3 Å². The van der Waals surface area contributed by atoms with E-state index in [1.807, 2.05) is 6.20 Å². The number of aromatic nitrogens is 4. The maximum absolute atomic E-state index is 4.60. The van der Waals surface area contributed by atoms with Crippen molar-refractivity contribution in [2.45, 2.75) is 51.7 Å². The van der Waals surface area contributed by atoms with Crippen LogP contribution in [0.3, 0.4) is 0 Å². The van der Waals surface area contributed by atoms with Crippen molar-refractivity contribution < 1.29 is 0 Å². The van der Waals surface area contributed by atoms with Crippen molar-refractivity contribution >= 4 is 0 Å². The Balaban J connectivity index is 1.43. The summed E-state index contributed by atoms with van der Waals surface area (Å²) in [7, 11) is 0. The summed E-state index contributed by atoms with van der Waals surface area (Å²) >= 11 is 0. The highest BCUT2D eigenvalue weighted by Gasteiger charge is 2.25. The van der Waals surface area contributed by atoms with Gasteiger partial charge in [0.1, 0.15) is 5.82 Å². The standard InChI is InChI=1S/C16H23N5/c1-13-8-18-21(10-13)14-5-7-19(11-14)12-15-9-17-16-4-2-3-6-20(15)16/h8-10,14H,2-7,11-12H2,1H3. The van der Waals surface area contributed by atoms with Crippen LogP contribution in [0, 0.1) is 6.92 Å². The molecule has 1 saturated heterocycles. The molecule has 1 atom stereocenters. The molecular weight excluding hydrogens is 262 g/mol. The lowest BCUT2D eigenvalue weighted by atomic mass is 10.1. The lowest BCUT2D eigenvalue weighted by Gasteiger charge is -2.20. The SMILES string of the molecule is Cc1cnn(C2CCN(Cc3cnc4n3CCCC4)C2)c1. The maximum atomic E-state index is 4.60. The quantitative estimate of drug-likeness (QED) is 0.867. The first-order chi connectivity index (χ1) is 10.3. The Labute approximate surface area is 125 Å². The van der Waals surface area contributed by atoms with Gasteiger partial charge in [-0.15, -0.1) is 0 Å². The van der Waals surface area contributed by atoms with Crippen LogP contribution in [0.5, 0.6) is 0 Å². The summed E-state index contributed by atoms with van der Waals surface area (Å²) in [5.74, 6) is 1.29. The fraction of sp³-hybridized carbons (Fsp3) is 0.625. The second-order valence-electron chi connectivity index (χ2n) is 6.45. The second-order valence-corrected chi connectivity index (χ2v) is 6.45. The molecule has 5 nitrogen and oxygen atoms in total. The number of hydrogen-bond acceptors (Lipinski definition) is 3. The van der Waals surface area contributed by atoms with E-state index in [9.17, 15) is 0 Å². The van der Waals surface area contributed by atoms with Gasteiger partial charge >= 0.3 is 0 Å². The molecule has 112 valence electrons. The molecule has 1 fully saturated rings. The first kappa shape index (κ1) is 13.1. The molecule has 0 spiro atoms. The number of hydrogen-bond donors (Lipinski definition) is 0. The minimum atomic E-state index is 0.530. The molecule has 0 saturated carbocycles. The minimum Gasteiger partial charge on any atom is -0.331 e. The van der Waals surface area contributed by atoms with E-state index < -0.39 is 0 Å². The van der Waals surface area contributed by atoms with Gasteiger partial charge in [-0.05, 0) is 31.7 Å². The van der Waals surface area contributed by atoms with E-state index in [0.29, 0.717) is 6.04 Å². The Hall–Kier alpha value is -1.62. The summed E-state index contributed by atoms with van der Waals surface area (Å²) in [5, 5.41) is 4.47. The average molecular weight is 285 g/mol. The van der Waals surface area contributed by atoms with Crippen molar-refractivity contribution in [2.24, 2.45) is 0 Å². The van der Waals surface area contributed by atoms with Crippen molar-refractivity contribution in [1.82, 2.24) is 24.2 Å². The molecule has 1 unspecified atom stereocenters. The Morgan fingerprint density at radius 1 is 1.24 bits per heavy atom. The van der Waals surface area contributed by atoms with Crippen LogP contribution in [0.25, 0.3) is 0 Å². The minimum absolute atomic E-state index is 0.530. The molecule has 0 radical (unpaired) electrons. The zero-order valence-corrected chi connectivity index (χ0v) is 12.7. The molecule has 4 rings (SSSR count). The van der Waals surface area contributed by atoms with Crippen LogP contribution in [-0.4, -0.2) is 37.3 Å². The highest BCUT2D eigenvalue weighted by molar-refractivity contribution is 5.08. The first-order valence-corrected chi connectivity index (χ1v) is 8.06. The van der Waals surface area contributed by atoms with E-state index in [0.717, 1.165) is 32.6 Å². The monoisotopic (exact) mass is 285 g/mol. The van der Waals surface area contributed by atoms with Crippen molar-refractivity contribution in [3.8, 4) is 0 Å². The lowest BCUT2D eigenvalue weighted by molar-refractivity contribution is 0.300. The molecule has 2 aromatic heterocycles. The predicted molar refractivity (Wildman–Crippen MR) is 81.1 cm³/mol. The van der Waals surface area contributed by atoms with Crippen LogP contribution in [0.2, 0.25) is 0 Å². The van der Waals surface area contributed by atoms with Crippen molar-refractivity contribution in [2.75, 3.05) is 13.1 Å². The van der Waals surface area contributed by atoms with Gasteiger partial charge < -0.3 is 4.57 Å². The third-order valence-electron chi connectivity index (χ3n) is 4.79. The topological polar surface area (TPSA) is 38.9 Å². The number of rotatable bonds is 3. The average Bonchev–Trinajstić information content (AvgIpc) is 3.20. The molecule has 2 aliphatic rings. The normalized spacial score (nSPS) is 22.6. The molecule has 5 heteroatoms. The zero-order valence-electron chi connectivity index (χ0n) is 12.7. The molecule has 4 heterocycles. The van der Waals surface area contributed by atoms with Gasteiger partial charge in [-0.1, -0.05) is 0 Å². The van der Waals surface area contributed by atoms with Crippen LogP contribution >= 0.6 is 0 Å². The molecular formula is C16H23N5. The lowest BCUT2D eigenvalue weighted by Crippen LogP contribution is -2.24. The van der Waals surface area contributed by atoms with Gasteiger partial charge in [-0.3, -0.25) is 9.58 Å². The molecule has 21 heavy (non-hydrogen) atoms. The summed E-state index contributed by atoms with van der Waals surface area (Å²) in [5.41, 5.74) is 2.64. The summed E-state index contributed by atoms with van der Waals surface area (Å²) in [6.07, 6.45) is 11.1. The predicted octanol–water partition coefficient (Wildman–Crippen LogP) is 2.17. The molecule has 2 aromatic rings. The highest BCUT2D eigenvalue weighted by Crippen LogP contribution is 2.24. The number of likely N-dealkylation sites (tertiary alicyclic amines) is 1. The fourth-order valence-corrected chi connectivity index (χ4v) is 3.64. The summed E-state index contributed by atoms with van der Waals surface area (Å²) in [4.78, 5) is 7.14. The van der Waals surface area contributed by atoms with Gasteiger partial charge in [0.05, 0.1) is 17.9 Å².